The summed E-state index contributed by atoms with van der Waals surface area (Å²) in [6.45, 7) is 0. The summed E-state index contributed by atoms with van der Waals surface area (Å²) in [6, 6.07) is 11.9. The summed E-state index contributed by atoms with van der Waals surface area (Å²) in [4.78, 5) is 14.8. The van der Waals surface area contributed by atoms with Crippen molar-refractivity contribution in [1.82, 2.24) is 9.55 Å². The van der Waals surface area contributed by atoms with E-state index in [4.69, 9.17) is 4.74 Å². The summed E-state index contributed by atoms with van der Waals surface area (Å²) in [5.74, 6) is -0.551. The summed E-state index contributed by atoms with van der Waals surface area (Å²) >= 11 is 0. The van der Waals surface area contributed by atoms with E-state index in [0.717, 1.165) is 17.1 Å². The zero-order valence-electron chi connectivity index (χ0n) is 14.0. The lowest BCUT2D eigenvalue weighted by Gasteiger charge is -2.13. The molecule has 0 saturated heterocycles. The maximum absolute atomic E-state index is 11.9. The number of rotatable bonds is 4. The number of para-hydroxylation sites is 2. The number of nitrogens with zero attached hydrogens (tertiary/aromatic N) is 4. The lowest BCUT2D eigenvalue weighted by Crippen LogP contribution is -2.02. The van der Waals surface area contributed by atoms with E-state index in [0.29, 0.717) is 11.4 Å². The first-order valence-electron chi connectivity index (χ1n) is 7.53. The fourth-order valence-corrected chi connectivity index (χ4v) is 2.68. The number of ether oxygens (including phenoxy) is 1. The third kappa shape index (κ3) is 2.82. The van der Waals surface area contributed by atoms with Crippen LogP contribution < -0.4 is 9.84 Å². The number of benzene rings is 2. The molecule has 0 atom stereocenters. The van der Waals surface area contributed by atoms with Crippen molar-refractivity contribution in [2.45, 2.75) is 0 Å². The Hall–Kier alpha value is -3.86. The van der Waals surface area contributed by atoms with Crippen LogP contribution in [0.15, 0.2) is 36.4 Å². The topological polar surface area (TPSA) is 117 Å². The van der Waals surface area contributed by atoms with Crippen LogP contribution >= 0.6 is 0 Å². The lowest BCUT2D eigenvalue weighted by atomic mass is 10.1. The number of methoxy groups -OCH3 is 1. The quantitative estimate of drug-likeness (QED) is 0.406. The average Bonchev–Trinajstić information content (AvgIpc) is 2.97. The van der Waals surface area contributed by atoms with Gasteiger partial charge in [0.25, 0.3) is 5.69 Å². The van der Waals surface area contributed by atoms with E-state index in [1.165, 1.54) is 19.3 Å². The first-order chi connectivity index (χ1) is 12.5. The third-order valence-electron chi connectivity index (χ3n) is 3.93. The van der Waals surface area contributed by atoms with E-state index in [-0.39, 0.29) is 11.3 Å². The second-order valence-corrected chi connectivity index (χ2v) is 5.48. The number of nitro benzene ring substituents is 1. The molecule has 0 bridgehead atoms. The predicted molar refractivity (Wildman–Crippen MR) is 93.3 cm³/mol. The normalized spacial score (nSPS) is 11.3. The molecular formula is C18H13N4O4-. The van der Waals surface area contributed by atoms with Crippen LogP contribution in [0.5, 0.6) is 11.5 Å². The molecule has 8 heteroatoms. The molecule has 0 amide bonds. The Morgan fingerprint density at radius 1 is 1.38 bits per heavy atom. The standard InChI is InChI=1S/C18H14N4O4/c1-21-14-6-4-3-5-13(14)20-18(21)12(10-19)7-11-8-15(22(24)25)17(23)16(9-11)26-2/h3-9,23H,1-2H3/p-1/b12-7+. The van der Waals surface area contributed by atoms with E-state index in [2.05, 4.69) is 11.1 Å². The number of aromatic nitrogens is 2. The maximum atomic E-state index is 11.9. The molecule has 0 saturated carbocycles. The van der Waals surface area contributed by atoms with Gasteiger partial charge in [-0.2, -0.15) is 5.26 Å². The zero-order chi connectivity index (χ0) is 18.8. The van der Waals surface area contributed by atoms with Gasteiger partial charge in [0.05, 0.1) is 28.6 Å². The molecule has 0 unspecified atom stereocenters. The Morgan fingerprint density at radius 3 is 2.73 bits per heavy atom. The highest BCUT2D eigenvalue weighted by molar-refractivity contribution is 5.91. The second-order valence-electron chi connectivity index (χ2n) is 5.48. The Bertz CT molecular complexity index is 1090. The monoisotopic (exact) mass is 349 g/mol. The summed E-state index contributed by atoms with van der Waals surface area (Å²) in [5.41, 5.74) is 1.47. The average molecular weight is 349 g/mol. The number of fused-ring (bicyclic) bond motifs is 1. The van der Waals surface area contributed by atoms with Gasteiger partial charge in [-0.1, -0.05) is 12.1 Å². The lowest BCUT2D eigenvalue weighted by molar-refractivity contribution is -0.398. The largest absolute Gasteiger partial charge is 0.865 e. The van der Waals surface area contributed by atoms with E-state index in [1.807, 2.05) is 24.3 Å². The summed E-state index contributed by atoms with van der Waals surface area (Å²) in [6.07, 6.45) is 1.44. The first-order valence-corrected chi connectivity index (χ1v) is 7.53. The molecule has 1 aromatic heterocycles. The van der Waals surface area contributed by atoms with E-state index in [9.17, 15) is 20.5 Å². The van der Waals surface area contributed by atoms with Gasteiger partial charge >= 0.3 is 0 Å². The molecule has 0 aliphatic rings. The minimum Gasteiger partial charge on any atom is -0.865 e. The number of nitriles is 1. The smallest absolute Gasteiger partial charge is 0.266 e. The molecule has 0 fully saturated rings. The number of hydrogen-bond acceptors (Lipinski definition) is 6. The number of nitro groups is 1. The van der Waals surface area contributed by atoms with Gasteiger partial charge < -0.3 is 14.4 Å². The van der Waals surface area contributed by atoms with Crippen molar-refractivity contribution in [3.63, 3.8) is 0 Å². The molecule has 0 aliphatic carbocycles. The van der Waals surface area contributed by atoms with Crippen LogP contribution in [-0.2, 0) is 7.05 Å². The molecule has 0 N–H and O–H groups in total. The van der Waals surface area contributed by atoms with Crippen molar-refractivity contribution in [2.75, 3.05) is 7.11 Å². The van der Waals surface area contributed by atoms with Crippen LogP contribution in [-0.4, -0.2) is 21.6 Å². The Kier molecular flexibility index (Phi) is 4.29. The molecule has 0 aliphatic heterocycles. The maximum Gasteiger partial charge on any atom is 0.266 e. The van der Waals surface area contributed by atoms with Crippen molar-refractivity contribution < 1.29 is 14.8 Å². The van der Waals surface area contributed by atoms with Crippen LogP contribution in [0.25, 0.3) is 22.7 Å². The number of aryl methyl sites for hydroxylation is 1. The Morgan fingerprint density at radius 2 is 2.12 bits per heavy atom. The highest BCUT2D eigenvalue weighted by Gasteiger charge is 2.15. The van der Waals surface area contributed by atoms with Crippen LogP contribution in [0.2, 0.25) is 0 Å². The van der Waals surface area contributed by atoms with Crippen LogP contribution in [0.4, 0.5) is 5.69 Å². The van der Waals surface area contributed by atoms with Crippen molar-refractivity contribution in [1.29, 1.82) is 5.26 Å². The van der Waals surface area contributed by atoms with E-state index < -0.39 is 16.4 Å². The molecule has 1 heterocycles. The predicted octanol–water partition coefficient (Wildman–Crippen LogP) is 2.63. The van der Waals surface area contributed by atoms with Gasteiger partial charge in [-0.3, -0.25) is 10.1 Å². The van der Waals surface area contributed by atoms with Gasteiger partial charge in [0.1, 0.15) is 11.8 Å². The van der Waals surface area contributed by atoms with Crippen LogP contribution in [0.3, 0.4) is 0 Å². The molecule has 8 nitrogen and oxygen atoms in total. The van der Waals surface area contributed by atoms with Crippen molar-refractivity contribution in [3.05, 3.63) is 57.9 Å². The van der Waals surface area contributed by atoms with Crippen molar-refractivity contribution >= 4 is 28.4 Å². The summed E-state index contributed by atoms with van der Waals surface area (Å²) in [5, 5.41) is 32.6. The Balaban J connectivity index is 2.18. The molecule has 2 aromatic carbocycles. The Labute approximate surface area is 148 Å². The van der Waals surface area contributed by atoms with E-state index in [1.54, 1.807) is 11.6 Å². The molecule has 3 rings (SSSR count). The summed E-state index contributed by atoms with van der Waals surface area (Å²) in [7, 11) is 3.03. The second kappa shape index (κ2) is 6.57. The SMILES string of the molecule is COc1cc(/C=C(\C#N)c2nc3ccccc3n2C)cc([N+](=O)[O-])c1[O-]. The molecule has 130 valence electrons. The number of allylic oxidation sites excluding steroid dienone is 1. The van der Waals surface area contributed by atoms with Crippen LogP contribution in [0.1, 0.15) is 11.4 Å². The van der Waals surface area contributed by atoms with Gasteiger partial charge in [-0.25, -0.2) is 4.98 Å². The van der Waals surface area contributed by atoms with Crippen LogP contribution in [0, 0.1) is 21.4 Å². The molecular weight excluding hydrogens is 336 g/mol. The van der Waals surface area contributed by atoms with Crippen molar-refractivity contribution in [3.8, 4) is 17.6 Å². The molecule has 3 aromatic rings. The zero-order valence-corrected chi connectivity index (χ0v) is 14.0. The van der Waals surface area contributed by atoms with Crippen molar-refractivity contribution in [2.24, 2.45) is 7.05 Å². The van der Waals surface area contributed by atoms with Gasteiger partial charge in [0.2, 0.25) is 0 Å². The van der Waals surface area contributed by atoms with Gasteiger partial charge in [0.15, 0.2) is 5.82 Å². The van der Waals surface area contributed by atoms with Gasteiger partial charge in [0, 0.05) is 18.9 Å². The molecule has 0 radical (unpaired) electrons. The minimum absolute atomic E-state index is 0.159. The molecule has 26 heavy (non-hydrogen) atoms. The first kappa shape index (κ1) is 17.0. The highest BCUT2D eigenvalue weighted by Crippen LogP contribution is 2.35. The fourth-order valence-electron chi connectivity index (χ4n) is 2.68. The van der Waals surface area contributed by atoms with E-state index >= 15 is 0 Å². The molecule has 0 spiro atoms. The fraction of sp³-hybridized carbons (Fsp3) is 0.111. The summed E-state index contributed by atoms with van der Waals surface area (Å²) < 4.78 is 6.68. The number of imidazole rings is 1. The van der Waals surface area contributed by atoms with Gasteiger partial charge in [-0.15, -0.1) is 0 Å². The highest BCUT2D eigenvalue weighted by atomic mass is 16.6. The third-order valence-corrected chi connectivity index (χ3v) is 3.93. The number of hydrogen-bond donors (Lipinski definition) is 0. The minimum atomic E-state index is -0.809. The van der Waals surface area contributed by atoms with Gasteiger partial charge in [-0.05, 0) is 29.8 Å².